The van der Waals surface area contributed by atoms with E-state index >= 15 is 0 Å². The number of alkyl halides is 3. The largest absolute Gasteiger partial charge is 0.491 e. The molecular formula is C32H45F3O6. The van der Waals surface area contributed by atoms with Crippen LogP contribution in [0.5, 0.6) is 5.75 Å². The number of aliphatic hydroxyl groups excluding tert-OH is 3. The molecule has 1 fully saturated rings. The SMILES string of the molecule is C=CCC(CC)CCCOC(=O)CCC/C=C\C[C@@H]1[C@@H](/C=C/[C@@H](O)COc2cccc(C(F)(F)F)c2)[C@H](O)C[C@@H]1O. The molecule has 0 saturated heterocycles. The Labute approximate surface area is 241 Å². The molecule has 1 aromatic carbocycles. The predicted molar refractivity (Wildman–Crippen MR) is 152 cm³/mol. The molecule has 6 atom stereocenters. The normalized spacial score (nSPS) is 22.7. The molecule has 0 aliphatic heterocycles. The third-order valence-electron chi connectivity index (χ3n) is 7.48. The summed E-state index contributed by atoms with van der Waals surface area (Å²) in [4.78, 5) is 12.0. The second-order valence-corrected chi connectivity index (χ2v) is 10.7. The maximum atomic E-state index is 12.9. The van der Waals surface area contributed by atoms with Gasteiger partial charge in [0.1, 0.15) is 18.5 Å². The van der Waals surface area contributed by atoms with Gasteiger partial charge in [0.15, 0.2) is 0 Å². The molecule has 0 aromatic heterocycles. The zero-order chi connectivity index (χ0) is 30.3. The Balaban J connectivity index is 1.71. The quantitative estimate of drug-likeness (QED) is 0.105. The lowest BCUT2D eigenvalue weighted by Gasteiger charge is -2.19. The maximum absolute atomic E-state index is 12.9. The van der Waals surface area contributed by atoms with Gasteiger partial charge in [-0.1, -0.05) is 49.8 Å². The highest BCUT2D eigenvalue weighted by molar-refractivity contribution is 5.69. The first-order chi connectivity index (χ1) is 19.5. The van der Waals surface area contributed by atoms with Crippen LogP contribution in [0.3, 0.4) is 0 Å². The molecule has 0 amide bonds. The lowest BCUT2D eigenvalue weighted by Crippen LogP contribution is -2.21. The van der Waals surface area contributed by atoms with Crippen molar-refractivity contribution < 1.29 is 42.8 Å². The van der Waals surface area contributed by atoms with Gasteiger partial charge in [0.2, 0.25) is 0 Å². The summed E-state index contributed by atoms with van der Waals surface area (Å²) in [6, 6.07) is 4.42. The van der Waals surface area contributed by atoms with Crippen molar-refractivity contribution in [3.05, 3.63) is 66.8 Å². The molecule has 41 heavy (non-hydrogen) atoms. The monoisotopic (exact) mass is 582 g/mol. The summed E-state index contributed by atoms with van der Waals surface area (Å²) >= 11 is 0. The predicted octanol–water partition coefficient (Wildman–Crippen LogP) is 6.40. The number of hydrogen-bond donors (Lipinski definition) is 3. The standard InChI is InChI=1S/C32H45F3O6/c1-3-11-23(4-2)12-10-19-40-31(39)16-8-6-5-7-15-27-28(30(38)21-29(27)37)18-17-25(36)22-41-26-14-9-13-24(20-26)32(33,34)35/h3,5,7,9,13-14,17-18,20,23,25,27-30,36-38H,1,4,6,8,10-12,15-16,19,21-22H2,2H3/b7-5-,18-17+/t23?,25-,27-,28-,29+,30-/m1/s1. The van der Waals surface area contributed by atoms with Gasteiger partial charge >= 0.3 is 12.1 Å². The molecule has 1 aliphatic rings. The van der Waals surface area contributed by atoms with Crippen molar-refractivity contribution in [3.8, 4) is 5.75 Å². The van der Waals surface area contributed by atoms with Gasteiger partial charge in [-0.2, -0.15) is 13.2 Å². The van der Waals surface area contributed by atoms with Crippen molar-refractivity contribution in [2.24, 2.45) is 17.8 Å². The first kappa shape index (κ1) is 34.6. The van der Waals surface area contributed by atoms with Crippen LogP contribution in [0.4, 0.5) is 13.2 Å². The average Bonchev–Trinajstić information content (AvgIpc) is 3.20. The second-order valence-electron chi connectivity index (χ2n) is 10.7. The van der Waals surface area contributed by atoms with E-state index in [0.717, 1.165) is 37.8 Å². The van der Waals surface area contributed by atoms with E-state index in [1.165, 1.54) is 18.2 Å². The minimum absolute atomic E-state index is 0.00996. The summed E-state index contributed by atoms with van der Waals surface area (Å²) in [5.41, 5.74) is -0.838. The molecule has 0 radical (unpaired) electrons. The molecule has 1 aromatic rings. The van der Waals surface area contributed by atoms with Crippen LogP contribution in [-0.4, -0.2) is 52.8 Å². The van der Waals surface area contributed by atoms with Crippen LogP contribution in [0.2, 0.25) is 0 Å². The van der Waals surface area contributed by atoms with Crippen LogP contribution >= 0.6 is 0 Å². The van der Waals surface area contributed by atoms with Gasteiger partial charge in [-0.15, -0.1) is 6.58 Å². The van der Waals surface area contributed by atoms with E-state index in [0.29, 0.717) is 38.2 Å². The third kappa shape index (κ3) is 12.8. The Morgan fingerprint density at radius 2 is 1.98 bits per heavy atom. The van der Waals surface area contributed by atoms with Gasteiger partial charge in [0.05, 0.1) is 24.4 Å². The van der Waals surface area contributed by atoms with Crippen molar-refractivity contribution in [3.63, 3.8) is 0 Å². The van der Waals surface area contributed by atoms with Gasteiger partial charge in [-0.25, -0.2) is 0 Å². The first-order valence-corrected chi connectivity index (χ1v) is 14.5. The Morgan fingerprint density at radius 3 is 2.68 bits per heavy atom. The van der Waals surface area contributed by atoms with Gasteiger partial charge in [-0.05, 0) is 68.6 Å². The minimum Gasteiger partial charge on any atom is -0.491 e. The number of unbranched alkanes of at least 4 members (excludes halogenated alkanes) is 1. The van der Waals surface area contributed by atoms with Crippen LogP contribution in [0.1, 0.15) is 70.3 Å². The lowest BCUT2D eigenvalue weighted by atomic mass is 9.89. The number of esters is 1. The van der Waals surface area contributed by atoms with Crippen molar-refractivity contribution >= 4 is 5.97 Å². The molecule has 6 nitrogen and oxygen atoms in total. The summed E-state index contributed by atoms with van der Waals surface area (Å²) in [5.74, 6) is -0.281. The molecule has 3 N–H and O–H groups in total. The van der Waals surface area contributed by atoms with Crippen LogP contribution in [0, 0.1) is 17.8 Å². The van der Waals surface area contributed by atoms with Crippen molar-refractivity contribution in [1.82, 2.24) is 0 Å². The number of allylic oxidation sites excluding steroid dienone is 3. The summed E-state index contributed by atoms with van der Waals surface area (Å²) in [5, 5.41) is 31.1. The van der Waals surface area contributed by atoms with Crippen LogP contribution in [0.25, 0.3) is 0 Å². The molecule has 0 spiro atoms. The minimum atomic E-state index is -4.49. The molecule has 1 aliphatic carbocycles. The Hall–Kier alpha value is -2.62. The Kier molecular flexibility index (Phi) is 15.2. The first-order valence-electron chi connectivity index (χ1n) is 14.5. The van der Waals surface area contributed by atoms with Crippen molar-refractivity contribution in [1.29, 1.82) is 0 Å². The van der Waals surface area contributed by atoms with Gasteiger partial charge in [0, 0.05) is 18.8 Å². The molecular weight excluding hydrogens is 537 g/mol. The van der Waals surface area contributed by atoms with Crippen LogP contribution < -0.4 is 4.74 Å². The number of carbonyl (C=O) groups excluding carboxylic acids is 1. The highest BCUT2D eigenvalue weighted by Gasteiger charge is 2.39. The molecule has 1 unspecified atom stereocenters. The summed E-state index contributed by atoms with van der Waals surface area (Å²) in [7, 11) is 0. The molecule has 2 rings (SSSR count). The summed E-state index contributed by atoms with van der Waals surface area (Å²) in [6.07, 6.45) is 8.12. The zero-order valence-corrected chi connectivity index (χ0v) is 23.8. The number of rotatable bonds is 18. The molecule has 0 heterocycles. The van der Waals surface area contributed by atoms with E-state index in [4.69, 9.17) is 9.47 Å². The fraction of sp³-hybridized carbons (Fsp3) is 0.594. The number of halogens is 3. The fourth-order valence-corrected chi connectivity index (χ4v) is 5.05. The molecule has 230 valence electrons. The molecule has 9 heteroatoms. The maximum Gasteiger partial charge on any atom is 0.416 e. The average molecular weight is 583 g/mol. The summed E-state index contributed by atoms with van der Waals surface area (Å²) < 4.78 is 49.2. The van der Waals surface area contributed by atoms with E-state index in [1.807, 2.05) is 18.2 Å². The number of aliphatic hydroxyl groups is 3. The summed E-state index contributed by atoms with van der Waals surface area (Å²) in [6.45, 7) is 6.10. The zero-order valence-electron chi connectivity index (χ0n) is 23.8. The highest BCUT2D eigenvalue weighted by Crippen LogP contribution is 2.36. The fourth-order valence-electron chi connectivity index (χ4n) is 5.05. The number of carbonyl (C=O) groups is 1. The van der Waals surface area contributed by atoms with Crippen LogP contribution in [-0.2, 0) is 15.7 Å². The smallest absolute Gasteiger partial charge is 0.416 e. The molecule has 0 bridgehead atoms. The molecule has 1 saturated carbocycles. The number of benzene rings is 1. The van der Waals surface area contributed by atoms with E-state index in [2.05, 4.69) is 13.5 Å². The van der Waals surface area contributed by atoms with Gasteiger partial charge in [-0.3, -0.25) is 4.79 Å². The van der Waals surface area contributed by atoms with Crippen LogP contribution in [0.15, 0.2) is 61.2 Å². The van der Waals surface area contributed by atoms with Crippen molar-refractivity contribution in [2.75, 3.05) is 13.2 Å². The van der Waals surface area contributed by atoms with Crippen molar-refractivity contribution in [2.45, 2.75) is 89.2 Å². The number of hydrogen-bond acceptors (Lipinski definition) is 6. The highest BCUT2D eigenvalue weighted by atomic mass is 19.4. The van der Waals surface area contributed by atoms with E-state index < -0.39 is 36.0 Å². The third-order valence-corrected chi connectivity index (χ3v) is 7.48. The van der Waals surface area contributed by atoms with E-state index in [9.17, 15) is 33.3 Å². The topological polar surface area (TPSA) is 96.2 Å². The Morgan fingerprint density at radius 1 is 1.20 bits per heavy atom. The second kappa shape index (κ2) is 18.0. The Bertz CT molecular complexity index is 976. The lowest BCUT2D eigenvalue weighted by molar-refractivity contribution is -0.144. The number of ether oxygens (including phenoxy) is 2. The van der Waals surface area contributed by atoms with Gasteiger partial charge < -0.3 is 24.8 Å². The van der Waals surface area contributed by atoms with E-state index in [1.54, 1.807) is 6.08 Å². The van der Waals surface area contributed by atoms with Gasteiger partial charge in [0.25, 0.3) is 0 Å². The van der Waals surface area contributed by atoms with E-state index in [-0.39, 0.29) is 30.7 Å².